The third kappa shape index (κ3) is 1.55. The van der Waals surface area contributed by atoms with Crippen LogP contribution in [0.3, 0.4) is 0 Å². The van der Waals surface area contributed by atoms with E-state index in [9.17, 15) is 8.78 Å². The van der Waals surface area contributed by atoms with Gasteiger partial charge in [0.25, 0.3) is 0 Å². The summed E-state index contributed by atoms with van der Waals surface area (Å²) < 4.78 is 26.6. The third-order valence-corrected chi connectivity index (χ3v) is 2.34. The van der Waals surface area contributed by atoms with Gasteiger partial charge in [-0.2, -0.15) is 10.5 Å². The van der Waals surface area contributed by atoms with E-state index in [1.165, 1.54) is 6.92 Å². The van der Waals surface area contributed by atoms with Crippen molar-refractivity contribution in [3.05, 3.63) is 33.9 Å². The summed E-state index contributed by atoms with van der Waals surface area (Å²) in [6.45, 7) is 3.24. The zero-order valence-corrected chi connectivity index (χ0v) is 8.36. The van der Waals surface area contributed by atoms with Crippen molar-refractivity contribution < 1.29 is 8.78 Å². The normalized spacial score (nSPS) is 9.47. The second-order valence-corrected chi connectivity index (χ2v) is 3.06. The summed E-state index contributed by atoms with van der Waals surface area (Å²) >= 11 is 0. The van der Waals surface area contributed by atoms with Gasteiger partial charge in [0.1, 0.15) is 12.1 Å². The molecule has 1 aromatic carbocycles. The van der Waals surface area contributed by atoms with Crippen molar-refractivity contribution in [2.24, 2.45) is 0 Å². The molecule has 0 saturated heterocycles. The Morgan fingerprint density at radius 3 is 1.93 bits per heavy atom. The van der Waals surface area contributed by atoms with Crippen molar-refractivity contribution in [2.75, 3.05) is 0 Å². The molecule has 0 N–H and O–H groups in total. The number of hydrogen-bond donors (Lipinski definition) is 0. The second-order valence-electron chi connectivity index (χ2n) is 3.06. The van der Waals surface area contributed by atoms with Gasteiger partial charge in [0.2, 0.25) is 0 Å². The van der Waals surface area contributed by atoms with E-state index in [1.54, 1.807) is 19.1 Å². The predicted octanol–water partition coefficient (Wildman–Crippen LogP) is 2.58. The van der Waals surface area contributed by atoms with Crippen LogP contribution in [0.4, 0.5) is 8.78 Å². The summed E-state index contributed by atoms with van der Waals surface area (Å²) in [6, 6.07) is 3.23. The third-order valence-electron chi connectivity index (χ3n) is 2.34. The van der Waals surface area contributed by atoms with Gasteiger partial charge in [-0.15, -0.1) is 0 Å². The van der Waals surface area contributed by atoms with Crippen LogP contribution < -0.4 is 0 Å². The molecule has 0 saturated carbocycles. The van der Waals surface area contributed by atoms with Crippen molar-refractivity contribution in [1.82, 2.24) is 0 Å². The van der Waals surface area contributed by atoms with E-state index in [4.69, 9.17) is 10.5 Å². The highest BCUT2D eigenvalue weighted by molar-refractivity contribution is 5.52. The molecule has 0 aromatic heterocycles. The minimum absolute atomic E-state index is 0.300. The van der Waals surface area contributed by atoms with Gasteiger partial charge in [-0.25, -0.2) is 8.78 Å². The number of nitrogens with zero attached hydrogens (tertiary/aromatic N) is 2. The molecule has 0 aliphatic rings. The van der Waals surface area contributed by atoms with Crippen LogP contribution in [-0.2, 0) is 6.42 Å². The van der Waals surface area contributed by atoms with Crippen LogP contribution in [-0.4, -0.2) is 0 Å². The van der Waals surface area contributed by atoms with Crippen LogP contribution >= 0.6 is 0 Å². The van der Waals surface area contributed by atoms with E-state index in [0.29, 0.717) is 17.5 Å². The number of rotatable bonds is 1. The van der Waals surface area contributed by atoms with Crippen LogP contribution in [0.15, 0.2) is 0 Å². The molecule has 76 valence electrons. The smallest absolute Gasteiger partial charge is 0.178 e. The van der Waals surface area contributed by atoms with Gasteiger partial charge in [-0.1, -0.05) is 6.92 Å². The Balaban J connectivity index is 3.77. The number of halogens is 2. The lowest BCUT2D eigenvalue weighted by Gasteiger charge is -2.09. The molecule has 0 heterocycles. The molecule has 0 aliphatic heterocycles. The van der Waals surface area contributed by atoms with Gasteiger partial charge in [0, 0.05) is 0 Å². The maximum atomic E-state index is 13.3. The Hall–Kier alpha value is -1.94. The van der Waals surface area contributed by atoms with Gasteiger partial charge in [0.15, 0.2) is 11.6 Å². The lowest BCUT2D eigenvalue weighted by atomic mass is 9.95. The minimum Gasteiger partial charge on any atom is -0.202 e. The zero-order chi connectivity index (χ0) is 11.6. The second kappa shape index (κ2) is 4.06. The van der Waals surface area contributed by atoms with E-state index in [1.807, 2.05) is 0 Å². The Kier molecular flexibility index (Phi) is 3.01. The molecule has 0 aliphatic carbocycles. The van der Waals surface area contributed by atoms with Gasteiger partial charge >= 0.3 is 0 Å². The van der Waals surface area contributed by atoms with E-state index in [2.05, 4.69) is 0 Å². The summed E-state index contributed by atoms with van der Waals surface area (Å²) in [5, 5.41) is 17.4. The van der Waals surface area contributed by atoms with E-state index in [-0.39, 0.29) is 11.1 Å². The van der Waals surface area contributed by atoms with Gasteiger partial charge < -0.3 is 0 Å². The summed E-state index contributed by atoms with van der Waals surface area (Å²) in [4.78, 5) is 0. The molecule has 0 spiro atoms. The Bertz CT molecular complexity index is 493. The first-order chi connectivity index (χ1) is 7.08. The Morgan fingerprint density at radius 2 is 1.53 bits per heavy atom. The van der Waals surface area contributed by atoms with Gasteiger partial charge in [0.05, 0.1) is 11.1 Å². The first kappa shape index (κ1) is 11.1. The highest BCUT2D eigenvalue weighted by Gasteiger charge is 2.20. The maximum Gasteiger partial charge on any atom is 0.178 e. The van der Waals surface area contributed by atoms with E-state index >= 15 is 0 Å². The van der Waals surface area contributed by atoms with Crippen LogP contribution in [0, 0.1) is 41.2 Å². The molecule has 0 atom stereocenters. The van der Waals surface area contributed by atoms with Gasteiger partial charge in [-0.3, -0.25) is 0 Å². The average Bonchev–Trinajstić information content (AvgIpc) is 2.23. The fourth-order valence-corrected chi connectivity index (χ4v) is 1.55. The average molecular weight is 206 g/mol. The Labute approximate surface area is 86.4 Å². The zero-order valence-electron chi connectivity index (χ0n) is 8.36. The van der Waals surface area contributed by atoms with Crippen molar-refractivity contribution in [3.8, 4) is 12.1 Å². The maximum absolute atomic E-state index is 13.3. The number of nitriles is 2. The molecule has 2 nitrogen and oxygen atoms in total. The molecule has 4 heteroatoms. The van der Waals surface area contributed by atoms with Crippen molar-refractivity contribution in [2.45, 2.75) is 20.3 Å². The van der Waals surface area contributed by atoms with Gasteiger partial charge in [-0.05, 0) is 24.5 Å². The first-order valence-electron chi connectivity index (χ1n) is 4.39. The number of benzene rings is 1. The van der Waals surface area contributed by atoms with Crippen LogP contribution in [0.2, 0.25) is 0 Å². The lowest BCUT2D eigenvalue weighted by Crippen LogP contribution is -2.04. The molecule has 0 bridgehead atoms. The molecule has 0 fully saturated rings. The summed E-state index contributed by atoms with van der Waals surface area (Å²) in [6.07, 6.45) is 0.389. The fourth-order valence-electron chi connectivity index (χ4n) is 1.55. The molecular formula is C11H8F2N2. The Morgan fingerprint density at radius 1 is 1.07 bits per heavy atom. The molecular weight excluding hydrogens is 198 g/mol. The summed E-state index contributed by atoms with van der Waals surface area (Å²) in [7, 11) is 0. The molecule has 0 amide bonds. The lowest BCUT2D eigenvalue weighted by molar-refractivity contribution is 0.501. The quantitative estimate of drug-likeness (QED) is 0.708. The summed E-state index contributed by atoms with van der Waals surface area (Å²) in [5.74, 6) is -2.46. The van der Waals surface area contributed by atoms with Crippen LogP contribution in [0.25, 0.3) is 0 Å². The number of hydrogen-bond acceptors (Lipinski definition) is 2. The standard InChI is InChI=1S/C11H8F2N2/c1-3-7-6(2)8(4-14)10(12)11(13)9(7)5-15/h3H2,1-2H3. The highest BCUT2D eigenvalue weighted by atomic mass is 19.2. The predicted molar refractivity (Wildman–Crippen MR) is 49.9 cm³/mol. The fraction of sp³-hybridized carbons (Fsp3) is 0.273. The largest absolute Gasteiger partial charge is 0.202 e. The molecule has 1 rings (SSSR count). The van der Waals surface area contributed by atoms with Crippen LogP contribution in [0.1, 0.15) is 29.2 Å². The molecule has 0 radical (unpaired) electrons. The molecule has 1 aromatic rings. The molecule has 0 unspecified atom stereocenters. The van der Waals surface area contributed by atoms with Crippen LogP contribution in [0.5, 0.6) is 0 Å². The minimum atomic E-state index is -1.23. The molecule has 15 heavy (non-hydrogen) atoms. The highest BCUT2D eigenvalue weighted by Crippen LogP contribution is 2.25. The topological polar surface area (TPSA) is 47.6 Å². The summed E-state index contributed by atoms with van der Waals surface area (Å²) in [5.41, 5.74) is 0.123. The first-order valence-corrected chi connectivity index (χ1v) is 4.39. The van der Waals surface area contributed by atoms with Crippen molar-refractivity contribution in [1.29, 1.82) is 10.5 Å². The van der Waals surface area contributed by atoms with E-state index < -0.39 is 11.6 Å². The van der Waals surface area contributed by atoms with Crippen molar-refractivity contribution in [3.63, 3.8) is 0 Å². The monoisotopic (exact) mass is 206 g/mol. The SMILES string of the molecule is CCc1c(C)c(C#N)c(F)c(F)c1C#N. The van der Waals surface area contributed by atoms with Crippen molar-refractivity contribution >= 4 is 0 Å². The van der Waals surface area contributed by atoms with E-state index in [0.717, 1.165) is 0 Å².